The molecule has 2 aliphatic rings. The van der Waals surface area contributed by atoms with Crippen molar-refractivity contribution in [1.29, 1.82) is 0 Å². The smallest absolute Gasteiger partial charge is 0.256 e. The van der Waals surface area contributed by atoms with Gasteiger partial charge < -0.3 is 19.3 Å². The fourth-order valence-electron chi connectivity index (χ4n) is 4.46. The van der Waals surface area contributed by atoms with Crippen molar-refractivity contribution >= 4 is 11.7 Å². The van der Waals surface area contributed by atoms with Crippen LogP contribution >= 0.6 is 0 Å². The van der Waals surface area contributed by atoms with E-state index in [1.807, 2.05) is 42.2 Å². The number of piperidine rings is 1. The van der Waals surface area contributed by atoms with Gasteiger partial charge in [-0.05, 0) is 42.3 Å². The number of anilines is 1. The lowest BCUT2D eigenvalue weighted by Gasteiger charge is -2.33. The van der Waals surface area contributed by atoms with Crippen molar-refractivity contribution in [1.82, 2.24) is 19.9 Å². The summed E-state index contributed by atoms with van der Waals surface area (Å²) in [5, 5.41) is 0. The highest BCUT2D eigenvalue weighted by Gasteiger charge is 2.31. The number of nitrogens with zero attached hydrogens (tertiary/aromatic N) is 5. The summed E-state index contributed by atoms with van der Waals surface area (Å²) in [4.78, 5) is 30.3. The van der Waals surface area contributed by atoms with Crippen molar-refractivity contribution in [3.63, 3.8) is 0 Å². The van der Waals surface area contributed by atoms with Crippen LogP contribution in [-0.2, 0) is 13.1 Å². The van der Waals surface area contributed by atoms with Gasteiger partial charge in [0.25, 0.3) is 5.91 Å². The molecule has 0 aliphatic carbocycles. The van der Waals surface area contributed by atoms with E-state index in [1.165, 1.54) is 0 Å². The van der Waals surface area contributed by atoms with Gasteiger partial charge in [0.15, 0.2) is 0 Å². The molecule has 3 aromatic rings. The number of aryl methyl sites for hydroxylation is 1. The van der Waals surface area contributed by atoms with E-state index in [0.29, 0.717) is 19.0 Å². The fraction of sp³-hybridized carbons (Fsp3) is 0.360. The largest absolute Gasteiger partial charge is 0.489 e. The minimum atomic E-state index is 0.0455. The third-order valence-electron chi connectivity index (χ3n) is 6.21. The van der Waals surface area contributed by atoms with Gasteiger partial charge in [0.1, 0.15) is 17.7 Å². The zero-order chi connectivity index (χ0) is 22.8. The Labute approximate surface area is 193 Å². The van der Waals surface area contributed by atoms with Gasteiger partial charge in [0.2, 0.25) is 5.88 Å². The summed E-state index contributed by atoms with van der Waals surface area (Å²) in [6, 6.07) is 9.57. The molecule has 0 radical (unpaired) electrons. The number of carbonyl (C=O) groups excluding carboxylic acids is 1. The normalized spacial score (nSPS) is 16.1. The molecular formula is C25H27N5O3. The van der Waals surface area contributed by atoms with E-state index in [9.17, 15) is 4.79 Å². The van der Waals surface area contributed by atoms with Crippen LogP contribution in [0.15, 0.2) is 48.9 Å². The number of aromatic nitrogens is 3. The highest BCUT2D eigenvalue weighted by molar-refractivity contribution is 5.98. The van der Waals surface area contributed by atoms with Crippen LogP contribution in [0, 0.1) is 6.92 Å². The van der Waals surface area contributed by atoms with E-state index in [4.69, 9.17) is 14.5 Å². The highest BCUT2D eigenvalue weighted by atomic mass is 16.5. The number of pyridine rings is 3. The van der Waals surface area contributed by atoms with Crippen LogP contribution in [0.25, 0.3) is 0 Å². The fourth-order valence-corrected chi connectivity index (χ4v) is 4.46. The summed E-state index contributed by atoms with van der Waals surface area (Å²) >= 11 is 0. The lowest BCUT2D eigenvalue weighted by molar-refractivity contribution is 0.0766. The van der Waals surface area contributed by atoms with Crippen molar-refractivity contribution in [2.75, 3.05) is 25.1 Å². The Morgan fingerprint density at radius 2 is 1.91 bits per heavy atom. The Balaban J connectivity index is 1.23. The second kappa shape index (κ2) is 9.05. The summed E-state index contributed by atoms with van der Waals surface area (Å²) < 4.78 is 11.2. The van der Waals surface area contributed by atoms with Crippen molar-refractivity contribution in [2.45, 2.75) is 39.0 Å². The summed E-state index contributed by atoms with van der Waals surface area (Å²) in [5.41, 5.74) is 3.68. The van der Waals surface area contributed by atoms with Crippen LogP contribution in [0.2, 0.25) is 0 Å². The van der Waals surface area contributed by atoms with Gasteiger partial charge in [-0.1, -0.05) is 0 Å². The molecular weight excluding hydrogens is 418 g/mol. The molecule has 1 fully saturated rings. The first-order valence-corrected chi connectivity index (χ1v) is 11.2. The van der Waals surface area contributed by atoms with Crippen LogP contribution in [-0.4, -0.2) is 52.1 Å². The molecule has 0 bridgehead atoms. The molecule has 0 N–H and O–H groups in total. The average Bonchev–Trinajstić information content (AvgIpc) is 3.14. The van der Waals surface area contributed by atoms with Crippen LogP contribution in [0.5, 0.6) is 11.6 Å². The zero-order valence-corrected chi connectivity index (χ0v) is 18.9. The van der Waals surface area contributed by atoms with E-state index in [0.717, 1.165) is 59.9 Å². The van der Waals surface area contributed by atoms with Gasteiger partial charge in [0.05, 0.1) is 31.1 Å². The van der Waals surface area contributed by atoms with E-state index in [1.54, 1.807) is 25.7 Å². The third kappa shape index (κ3) is 4.46. The molecule has 8 heteroatoms. The maximum atomic E-state index is 12.9. The summed E-state index contributed by atoms with van der Waals surface area (Å²) in [6.07, 6.45) is 7.15. The quantitative estimate of drug-likeness (QED) is 0.575. The van der Waals surface area contributed by atoms with Crippen LogP contribution in [0.3, 0.4) is 0 Å². The molecule has 1 amide bonds. The Morgan fingerprint density at radius 1 is 1.12 bits per heavy atom. The van der Waals surface area contributed by atoms with Gasteiger partial charge >= 0.3 is 0 Å². The number of rotatable bonds is 6. The van der Waals surface area contributed by atoms with E-state index >= 15 is 0 Å². The molecule has 5 heterocycles. The van der Waals surface area contributed by atoms with E-state index in [2.05, 4.69) is 14.9 Å². The number of methoxy groups -OCH3 is 1. The van der Waals surface area contributed by atoms with Gasteiger partial charge in [-0.2, -0.15) is 0 Å². The topological polar surface area (TPSA) is 80.7 Å². The Kier molecular flexibility index (Phi) is 5.81. The van der Waals surface area contributed by atoms with Crippen molar-refractivity contribution in [3.8, 4) is 11.6 Å². The molecule has 0 spiro atoms. The van der Waals surface area contributed by atoms with Gasteiger partial charge in [-0.15, -0.1) is 0 Å². The predicted octanol–water partition coefficient (Wildman–Crippen LogP) is 3.39. The van der Waals surface area contributed by atoms with Gasteiger partial charge in [0, 0.05) is 50.9 Å². The molecule has 2 aliphatic heterocycles. The van der Waals surface area contributed by atoms with E-state index in [-0.39, 0.29) is 12.0 Å². The van der Waals surface area contributed by atoms with Crippen LogP contribution in [0.4, 0.5) is 5.82 Å². The molecule has 3 aromatic heterocycles. The minimum absolute atomic E-state index is 0.0455. The van der Waals surface area contributed by atoms with Gasteiger partial charge in [-0.3, -0.25) is 9.78 Å². The standard InChI is InChI=1S/C25H27N5O3/c1-17-13-21-22(16-30(25(21)31)15-18-5-9-26-10-6-18)28-24(17)29-11-7-19(8-12-29)33-20-3-4-23(32-2)27-14-20/h3-6,9-10,13-14,19H,7-8,11-12,15-16H2,1-2H3. The molecule has 0 saturated carbocycles. The number of carbonyl (C=O) groups is 1. The maximum Gasteiger partial charge on any atom is 0.256 e. The molecule has 0 unspecified atom stereocenters. The molecule has 170 valence electrons. The first-order chi connectivity index (χ1) is 16.1. The summed E-state index contributed by atoms with van der Waals surface area (Å²) in [7, 11) is 1.60. The van der Waals surface area contributed by atoms with Crippen molar-refractivity contribution in [3.05, 3.63) is 71.3 Å². The Bertz CT molecular complexity index is 1130. The maximum absolute atomic E-state index is 12.9. The second-order valence-corrected chi connectivity index (χ2v) is 8.48. The minimum Gasteiger partial charge on any atom is -0.489 e. The first kappa shape index (κ1) is 21.2. The molecule has 1 saturated heterocycles. The molecule has 8 nitrogen and oxygen atoms in total. The molecule has 0 atom stereocenters. The van der Waals surface area contributed by atoms with Crippen molar-refractivity contribution < 1.29 is 14.3 Å². The number of fused-ring (bicyclic) bond motifs is 1. The third-order valence-corrected chi connectivity index (χ3v) is 6.21. The molecule has 5 rings (SSSR count). The highest BCUT2D eigenvalue weighted by Crippen LogP contribution is 2.30. The van der Waals surface area contributed by atoms with Gasteiger partial charge in [-0.25, -0.2) is 9.97 Å². The SMILES string of the molecule is COc1ccc(OC2CCN(c3nc4c(cc3C)C(=O)N(Cc3ccncc3)C4)CC2)cn1. The number of hydrogen-bond acceptors (Lipinski definition) is 7. The second-order valence-electron chi connectivity index (χ2n) is 8.48. The van der Waals surface area contributed by atoms with E-state index < -0.39 is 0 Å². The van der Waals surface area contributed by atoms with Crippen molar-refractivity contribution in [2.24, 2.45) is 0 Å². The Morgan fingerprint density at radius 3 is 2.61 bits per heavy atom. The monoisotopic (exact) mass is 445 g/mol. The number of ether oxygens (including phenoxy) is 2. The summed E-state index contributed by atoms with van der Waals surface area (Å²) in [5.74, 6) is 2.35. The number of hydrogen-bond donors (Lipinski definition) is 0. The van der Waals surface area contributed by atoms with Crippen LogP contribution < -0.4 is 14.4 Å². The lowest BCUT2D eigenvalue weighted by atomic mass is 10.1. The average molecular weight is 446 g/mol. The zero-order valence-electron chi connectivity index (χ0n) is 18.9. The number of amides is 1. The predicted molar refractivity (Wildman–Crippen MR) is 123 cm³/mol. The van der Waals surface area contributed by atoms with Crippen LogP contribution in [0.1, 0.15) is 40.0 Å². The molecule has 33 heavy (non-hydrogen) atoms. The Hall–Kier alpha value is -3.68. The molecule has 0 aromatic carbocycles. The first-order valence-electron chi connectivity index (χ1n) is 11.2. The lowest BCUT2D eigenvalue weighted by Crippen LogP contribution is -2.39. The summed E-state index contributed by atoms with van der Waals surface area (Å²) in [6.45, 7) is 4.85.